The summed E-state index contributed by atoms with van der Waals surface area (Å²) >= 11 is 0. The topological polar surface area (TPSA) is 76.8 Å². The Hall–Kier alpha value is -1.06. The number of hydrogen-bond donors (Lipinski definition) is 2. The second-order valence-electron chi connectivity index (χ2n) is 0.941. The standard InChI is InChI=1S/C3H8N4/c1-6-2-3(4)7-5/h2H,5H2,1H3,(H2,4,7). The number of rotatable bonds is 1. The average Bonchev–Trinajstić information content (AvgIpc) is 1.68. The first-order valence-corrected chi connectivity index (χ1v) is 1.76. The summed E-state index contributed by atoms with van der Waals surface area (Å²) < 4.78 is 0. The molecule has 4 heteroatoms. The summed E-state index contributed by atoms with van der Waals surface area (Å²) in [5.74, 6) is 4.97. The minimum absolute atomic E-state index is 0.238. The van der Waals surface area contributed by atoms with Gasteiger partial charge in [-0.1, -0.05) is 0 Å². The maximum atomic E-state index is 5.06. The van der Waals surface area contributed by atoms with Crippen LogP contribution in [-0.2, 0) is 0 Å². The van der Waals surface area contributed by atoms with Crippen LogP contribution in [0.4, 0.5) is 0 Å². The summed E-state index contributed by atoms with van der Waals surface area (Å²) in [5, 5.41) is 3.12. The zero-order chi connectivity index (χ0) is 5.70. The molecular formula is C3H8N4. The van der Waals surface area contributed by atoms with Crippen LogP contribution in [0.15, 0.2) is 10.1 Å². The lowest BCUT2D eigenvalue weighted by molar-refractivity contribution is 1.24. The Morgan fingerprint density at radius 2 is 2.29 bits per heavy atom. The molecule has 0 aliphatic rings. The van der Waals surface area contributed by atoms with Gasteiger partial charge in [0.15, 0.2) is 5.84 Å². The van der Waals surface area contributed by atoms with Crippen LogP contribution in [0.1, 0.15) is 0 Å². The van der Waals surface area contributed by atoms with Gasteiger partial charge in [-0.15, -0.1) is 0 Å². The van der Waals surface area contributed by atoms with E-state index in [4.69, 9.17) is 11.6 Å². The highest BCUT2D eigenvalue weighted by Gasteiger charge is 1.74. The Morgan fingerprint density at radius 3 is 2.43 bits per heavy atom. The molecule has 0 atom stereocenters. The van der Waals surface area contributed by atoms with Crippen LogP contribution in [0, 0.1) is 0 Å². The second kappa shape index (κ2) is 3.14. The number of nitrogens with two attached hydrogens (primary N) is 2. The third kappa shape index (κ3) is 2.75. The molecule has 0 aromatic rings. The van der Waals surface area contributed by atoms with Crippen molar-refractivity contribution in [2.45, 2.75) is 0 Å². The number of hydrogen-bond acceptors (Lipinski definition) is 3. The van der Waals surface area contributed by atoms with Gasteiger partial charge in [0.05, 0.1) is 6.21 Å². The third-order valence-corrected chi connectivity index (χ3v) is 0.410. The molecular weight excluding hydrogens is 92.1 g/mol. The Kier molecular flexibility index (Phi) is 2.67. The minimum atomic E-state index is 0.238. The predicted octanol–water partition coefficient (Wildman–Crippen LogP) is -1.08. The van der Waals surface area contributed by atoms with E-state index in [1.807, 2.05) is 0 Å². The quantitative estimate of drug-likeness (QED) is 0.190. The normalized spacial score (nSPS) is 13.0. The predicted molar refractivity (Wildman–Crippen MR) is 30.2 cm³/mol. The van der Waals surface area contributed by atoms with Crippen molar-refractivity contribution in [1.82, 2.24) is 0 Å². The maximum Gasteiger partial charge on any atom is 0.161 e. The van der Waals surface area contributed by atoms with Crippen LogP contribution in [0.25, 0.3) is 0 Å². The molecule has 0 aromatic heterocycles. The number of aliphatic imine (C=N–C) groups is 1. The van der Waals surface area contributed by atoms with Gasteiger partial charge in [-0.05, 0) is 0 Å². The SMILES string of the molecule is CN=C/C(N)=N\N. The van der Waals surface area contributed by atoms with Gasteiger partial charge < -0.3 is 11.6 Å². The molecule has 0 heterocycles. The molecule has 0 fully saturated rings. The lowest BCUT2D eigenvalue weighted by Gasteiger charge is -1.80. The minimum Gasteiger partial charge on any atom is -0.381 e. The van der Waals surface area contributed by atoms with Gasteiger partial charge in [0.25, 0.3) is 0 Å². The molecule has 0 bridgehead atoms. The number of nitrogens with zero attached hydrogens (tertiary/aromatic N) is 2. The molecule has 0 rings (SSSR count). The second-order valence-corrected chi connectivity index (χ2v) is 0.941. The average molecular weight is 100 g/mol. The molecule has 0 aromatic carbocycles. The molecule has 0 saturated carbocycles. The van der Waals surface area contributed by atoms with Crippen LogP contribution in [0.2, 0.25) is 0 Å². The van der Waals surface area contributed by atoms with E-state index in [-0.39, 0.29) is 5.84 Å². The van der Waals surface area contributed by atoms with Crippen molar-refractivity contribution in [3.8, 4) is 0 Å². The molecule has 4 N–H and O–H groups in total. The van der Waals surface area contributed by atoms with Crippen LogP contribution >= 0.6 is 0 Å². The molecule has 0 unspecified atom stereocenters. The molecule has 0 aliphatic carbocycles. The largest absolute Gasteiger partial charge is 0.381 e. The van der Waals surface area contributed by atoms with Crippen molar-refractivity contribution in [1.29, 1.82) is 0 Å². The van der Waals surface area contributed by atoms with Crippen LogP contribution in [0.3, 0.4) is 0 Å². The third-order valence-electron chi connectivity index (χ3n) is 0.410. The van der Waals surface area contributed by atoms with E-state index in [2.05, 4.69) is 10.1 Å². The van der Waals surface area contributed by atoms with E-state index in [0.717, 1.165) is 0 Å². The number of amidine groups is 1. The van der Waals surface area contributed by atoms with Crippen molar-refractivity contribution in [2.24, 2.45) is 21.7 Å². The Bertz CT molecular complexity index is 93.1. The smallest absolute Gasteiger partial charge is 0.161 e. The summed E-state index contributed by atoms with van der Waals surface area (Å²) in [4.78, 5) is 3.55. The molecule has 7 heavy (non-hydrogen) atoms. The van der Waals surface area contributed by atoms with Crippen molar-refractivity contribution < 1.29 is 0 Å². The summed E-state index contributed by atoms with van der Waals surface area (Å²) in [6.45, 7) is 0. The van der Waals surface area contributed by atoms with Gasteiger partial charge in [0.2, 0.25) is 0 Å². The van der Waals surface area contributed by atoms with Gasteiger partial charge in [-0.2, -0.15) is 5.10 Å². The molecule has 0 radical (unpaired) electrons. The summed E-state index contributed by atoms with van der Waals surface area (Å²) in [5.41, 5.74) is 5.06. The fraction of sp³-hybridized carbons (Fsp3) is 0.333. The first-order valence-electron chi connectivity index (χ1n) is 1.76. The lowest BCUT2D eigenvalue weighted by atomic mass is 10.7. The Morgan fingerprint density at radius 1 is 1.71 bits per heavy atom. The molecule has 4 nitrogen and oxygen atoms in total. The molecule has 0 saturated heterocycles. The van der Waals surface area contributed by atoms with Crippen molar-refractivity contribution >= 4 is 12.1 Å². The fourth-order valence-electron chi connectivity index (χ4n) is 0.166. The first-order chi connectivity index (χ1) is 3.31. The van der Waals surface area contributed by atoms with Gasteiger partial charge in [-0.25, -0.2) is 0 Å². The molecule has 0 spiro atoms. The van der Waals surface area contributed by atoms with Crippen LogP contribution in [-0.4, -0.2) is 19.1 Å². The molecule has 40 valence electrons. The first kappa shape index (κ1) is 5.94. The van der Waals surface area contributed by atoms with Crippen molar-refractivity contribution in [2.75, 3.05) is 7.05 Å². The van der Waals surface area contributed by atoms with E-state index in [0.29, 0.717) is 0 Å². The Balaban J connectivity index is 3.58. The highest BCUT2D eigenvalue weighted by Crippen LogP contribution is 1.52. The number of hydrazone groups is 1. The van der Waals surface area contributed by atoms with E-state index < -0.39 is 0 Å². The fourth-order valence-corrected chi connectivity index (χ4v) is 0.166. The van der Waals surface area contributed by atoms with Crippen LogP contribution in [0.5, 0.6) is 0 Å². The Labute approximate surface area is 41.9 Å². The highest BCUT2D eigenvalue weighted by atomic mass is 15.2. The van der Waals surface area contributed by atoms with Gasteiger partial charge >= 0.3 is 0 Å². The monoisotopic (exact) mass is 100 g/mol. The van der Waals surface area contributed by atoms with Crippen molar-refractivity contribution in [3.05, 3.63) is 0 Å². The summed E-state index contributed by atoms with van der Waals surface area (Å²) in [6, 6.07) is 0. The zero-order valence-corrected chi connectivity index (χ0v) is 4.13. The van der Waals surface area contributed by atoms with Gasteiger partial charge in [0, 0.05) is 7.05 Å². The molecule has 0 amide bonds. The maximum absolute atomic E-state index is 5.06. The highest BCUT2D eigenvalue weighted by molar-refractivity contribution is 6.28. The van der Waals surface area contributed by atoms with E-state index in [1.165, 1.54) is 6.21 Å². The van der Waals surface area contributed by atoms with Crippen LogP contribution < -0.4 is 11.6 Å². The molecule has 0 aliphatic heterocycles. The van der Waals surface area contributed by atoms with E-state index in [1.54, 1.807) is 7.05 Å². The zero-order valence-electron chi connectivity index (χ0n) is 4.13. The van der Waals surface area contributed by atoms with E-state index in [9.17, 15) is 0 Å². The summed E-state index contributed by atoms with van der Waals surface area (Å²) in [7, 11) is 1.60. The summed E-state index contributed by atoms with van der Waals surface area (Å²) in [6.07, 6.45) is 1.38. The van der Waals surface area contributed by atoms with Gasteiger partial charge in [-0.3, -0.25) is 4.99 Å². The van der Waals surface area contributed by atoms with Crippen molar-refractivity contribution in [3.63, 3.8) is 0 Å². The lowest BCUT2D eigenvalue weighted by Crippen LogP contribution is -2.14. The van der Waals surface area contributed by atoms with Gasteiger partial charge in [0.1, 0.15) is 0 Å². The van der Waals surface area contributed by atoms with E-state index >= 15 is 0 Å².